The number of nitrogens with one attached hydrogen (secondary N) is 1. The molecule has 1 N–H and O–H groups in total. The maximum Gasteiger partial charge on any atom is 0.239 e. The molecule has 0 spiro atoms. The third kappa shape index (κ3) is 3.20. The number of amides is 1. The van der Waals surface area contributed by atoms with Crippen LogP contribution in [0.5, 0.6) is 0 Å². The van der Waals surface area contributed by atoms with Crippen LogP contribution >= 0.6 is 0 Å². The van der Waals surface area contributed by atoms with Crippen molar-refractivity contribution in [2.45, 2.75) is 0 Å². The van der Waals surface area contributed by atoms with Gasteiger partial charge in [-0.05, 0) is 14.1 Å². The first-order chi connectivity index (χ1) is 6.08. The zero-order valence-corrected chi connectivity index (χ0v) is 7.98. The Balaban J connectivity index is 2.45. The molecular weight excluding hydrogens is 170 g/mol. The van der Waals surface area contributed by atoms with Gasteiger partial charge in [-0.3, -0.25) is 9.48 Å². The van der Waals surface area contributed by atoms with Crippen LogP contribution in [0.4, 0.5) is 5.82 Å². The molecule has 0 fully saturated rings. The molecule has 0 aliphatic carbocycles. The summed E-state index contributed by atoms with van der Waals surface area (Å²) in [5, 5.41) is 10.0. The van der Waals surface area contributed by atoms with Crippen LogP contribution in [-0.2, 0) is 11.8 Å². The minimum absolute atomic E-state index is 0.0921. The Morgan fingerprint density at radius 1 is 1.69 bits per heavy atom. The third-order valence-electron chi connectivity index (χ3n) is 1.33. The average Bonchev–Trinajstić information content (AvgIpc) is 2.33. The normalized spacial score (nSPS) is 10.5. The minimum atomic E-state index is -0.0921. The molecule has 0 saturated heterocycles. The highest BCUT2D eigenvalue weighted by Crippen LogP contribution is 1.97. The highest BCUT2D eigenvalue weighted by Gasteiger charge is 2.05. The number of aromatic nitrogens is 3. The van der Waals surface area contributed by atoms with Gasteiger partial charge in [0.15, 0.2) is 5.82 Å². The van der Waals surface area contributed by atoms with Gasteiger partial charge in [0, 0.05) is 7.05 Å². The molecule has 0 bridgehead atoms. The van der Waals surface area contributed by atoms with Gasteiger partial charge in [-0.15, -0.1) is 5.10 Å². The number of carbonyl (C=O) groups is 1. The van der Waals surface area contributed by atoms with Crippen molar-refractivity contribution in [2.75, 3.05) is 26.0 Å². The van der Waals surface area contributed by atoms with Gasteiger partial charge in [0.2, 0.25) is 5.91 Å². The van der Waals surface area contributed by atoms with Crippen molar-refractivity contribution in [2.24, 2.45) is 7.05 Å². The number of hydrogen-bond donors (Lipinski definition) is 1. The highest BCUT2D eigenvalue weighted by atomic mass is 16.2. The summed E-state index contributed by atoms with van der Waals surface area (Å²) in [5.41, 5.74) is 0. The number of likely N-dealkylation sites (N-methyl/N-ethyl adjacent to an activating group) is 1. The summed E-state index contributed by atoms with van der Waals surface area (Å²) in [6.45, 7) is 0.344. The van der Waals surface area contributed by atoms with E-state index in [2.05, 4.69) is 15.6 Å². The molecule has 6 heteroatoms. The third-order valence-corrected chi connectivity index (χ3v) is 1.33. The standard InChI is InChI=1S/C7H13N5O/c1-11(2)5-7(13)8-6-4-12(3)10-9-6/h4H,5H2,1-3H3,(H,8,13). The minimum Gasteiger partial charge on any atom is -0.307 e. The Morgan fingerprint density at radius 3 is 2.85 bits per heavy atom. The number of hydrogen-bond acceptors (Lipinski definition) is 4. The van der Waals surface area contributed by atoms with Crippen LogP contribution in [0.25, 0.3) is 0 Å². The summed E-state index contributed by atoms with van der Waals surface area (Å²) in [7, 11) is 5.40. The summed E-state index contributed by atoms with van der Waals surface area (Å²) < 4.78 is 1.53. The zero-order chi connectivity index (χ0) is 9.84. The lowest BCUT2D eigenvalue weighted by Gasteiger charge is -2.07. The fraction of sp³-hybridized carbons (Fsp3) is 0.571. The van der Waals surface area contributed by atoms with Crippen molar-refractivity contribution in [1.82, 2.24) is 19.9 Å². The smallest absolute Gasteiger partial charge is 0.239 e. The Labute approximate surface area is 76.5 Å². The van der Waals surface area contributed by atoms with E-state index in [1.165, 1.54) is 4.68 Å². The van der Waals surface area contributed by atoms with E-state index >= 15 is 0 Å². The first kappa shape index (κ1) is 9.66. The SMILES string of the molecule is CN(C)CC(=O)Nc1cn(C)nn1. The topological polar surface area (TPSA) is 63.1 Å². The van der Waals surface area contributed by atoms with Gasteiger partial charge in [0.25, 0.3) is 0 Å². The van der Waals surface area contributed by atoms with E-state index in [9.17, 15) is 4.79 Å². The number of anilines is 1. The number of nitrogens with zero attached hydrogens (tertiary/aromatic N) is 4. The molecule has 1 rings (SSSR count). The molecular formula is C7H13N5O. The van der Waals surface area contributed by atoms with Gasteiger partial charge in [0.05, 0.1) is 12.7 Å². The molecule has 0 aliphatic rings. The van der Waals surface area contributed by atoms with Crippen LogP contribution in [-0.4, -0.2) is 46.4 Å². The van der Waals surface area contributed by atoms with Gasteiger partial charge in [-0.2, -0.15) is 0 Å². The van der Waals surface area contributed by atoms with Crippen molar-refractivity contribution >= 4 is 11.7 Å². The molecule has 0 aliphatic heterocycles. The lowest BCUT2D eigenvalue weighted by Crippen LogP contribution is -2.27. The van der Waals surface area contributed by atoms with E-state index in [0.29, 0.717) is 12.4 Å². The van der Waals surface area contributed by atoms with Crippen LogP contribution in [0.3, 0.4) is 0 Å². The maximum atomic E-state index is 11.2. The van der Waals surface area contributed by atoms with Gasteiger partial charge < -0.3 is 10.2 Å². The zero-order valence-electron chi connectivity index (χ0n) is 7.98. The first-order valence-electron chi connectivity index (χ1n) is 3.89. The molecule has 0 saturated carbocycles. The van der Waals surface area contributed by atoms with Crippen molar-refractivity contribution < 1.29 is 4.79 Å². The monoisotopic (exact) mass is 183 g/mol. The van der Waals surface area contributed by atoms with E-state index in [1.54, 1.807) is 18.1 Å². The quantitative estimate of drug-likeness (QED) is 0.674. The van der Waals surface area contributed by atoms with Crippen molar-refractivity contribution in [1.29, 1.82) is 0 Å². The summed E-state index contributed by atoms with van der Waals surface area (Å²) >= 11 is 0. The maximum absolute atomic E-state index is 11.2. The Morgan fingerprint density at radius 2 is 2.38 bits per heavy atom. The Hall–Kier alpha value is -1.43. The van der Waals surface area contributed by atoms with Crippen LogP contribution in [0.1, 0.15) is 0 Å². The molecule has 0 unspecified atom stereocenters. The summed E-state index contributed by atoms with van der Waals surface area (Å²) in [5.74, 6) is 0.389. The molecule has 6 nitrogen and oxygen atoms in total. The molecule has 1 aromatic heterocycles. The van der Waals surface area contributed by atoms with Gasteiger partial charge in [0.1, 0.15) is 0 Å². The molecule has 1 heterocycles. The van der Waals surface area contributed by atoms with Crippen molar-refractivity contribution in [3.05, 3.63) is 6.20 Å². The van der Waals surface area contributed by atoms with E-state index in [0.717, 1.165) is 0 Å². The molecule has 1 amide bonds. The fourth-order valence-electron chi connectivity index (χ4n) is 0.874. The highest BCUT2D eigenvalue weighted by molar-refractivity contribution is 5.91. The van der Waals surface area contributed by atoms with E-state index in [4.69, 9.17) is 0 Å². The fourth-order valence-corrected chi connectivity index (χ4v) is 0.874. The first-order valence-corrected chi connectivity index (χ1v) is 3.89. The second-order valence-corrected chi connectivity index (χ2v) is 3.06. The Bertz CT molecular complexity index is 293. The summed E-state index contributed by atoms with van der Waals surface area (Å²) in [6, 6.07) is 0. The van der Waals surface area contributed by atoms with Crippen molar-refractivity contribution in [3.8, 4) is 0 Å². The second kappa shape index (κ2) is 3.99. The number of aryl methyl sites for hydroxylation is 1. The molecule has 0 aromatic carbocycles. The van der Waals surface area contributed by atoms with E-state index in [-0.39, 0.29) is 5.91 Å². The molecule has 72 valence electrons. The lowest BCUT2D eigenvalue weighted by molar-refractivity contribution is -0.116. The Kier molecular flexibility index (Phi) is 2.97. The van der Waals surface area contributed by atoms with Crippen LogP contribution in [0, 0.1) is 0 Å². The van der Waals surface area contributed by atoms with E-state index < -0.39 is 0 Å². The molecule has 0 radical (unpaired) electrons. The largest absolute Gasteiger partial charge is 0.307 e. The second-order valence-electron chi connectivity index (χ2n) is 3.06. The predicted molar refractivity (Wildman–Crippen MR) is 48.2 cm³/mol. The summed E-state index contributed by atoms with van der Waals surface area (Å²) in [6.07, 6.45) is 1.65. The van der Waals surface area contributed by atoms with Gasteiger partial charge in [-0.1, -0.05) is 5.21 Å². The summed E-state index contributed by atoms with van der Waals surface area (Å²) in [4.78, 5) is 13.0. The number of rotatable bonds is 3. The van der Waals surface area contributed by atoms with Crippen LogP contribution < -0.4 is 5.32 Å². The molecule has 0 atom stereocenters. The van der Waals surface area contributed by atoms with Gasteiger partial charge in [-0.25, -0.2) is 0 Å². The van der Waals surface area contributed by atoms with Crippen LogP contribution in [0.15, 0.2) is 6.20 Å². The molecule has 1 aromatic rings. The van der Waals surface area contributed by atoms with E-state index in [1.807, 2.05) is 14.1 Å². The van der Waals surface area contributed by atoms with Crippen LogP contribution in [0.2, 0.25) is 0 Å². The number of carbonyl (C=O) groups excluding carboxylic acids is 1. The molecule has 13 heavy (non-hydrogen) atoms. The lowest BCUT2D eigenvalue weighted by atomic mass is 10.5. The van der Waals surface area contributed by atoms with Gasteiger partial charge >= 0.3 is 0 Å². The average molecular weight is 183 g/mol. The van der Waals surface area contributed by atoms with Crippen molar-refractivity contribution in [3.63, 3.8) is 0 Å². The predicted octanol–water partition coefficient (Wildman–Crippen LogP) is -0.685.